The van der Waals surface area contributed by atoms with Crippen molar-refractivity contribution in [2.45, 2.75) is 33.0 Å². The SMILES string of the molecule is CCC1([C@@H](C)/C=C/C(C)=O)OCCO1. The fraction of sp³-hybridized carbons (Fsp3) is 0.727. The molecule has 1 atom stereocenters. The Morgan fingerprint density at radius 2 is 2.07 bits per heavy atom. The van der Waals surface area contributed by atoms with Crippen LogP contribution in [0.5, 0.6) is 0 Å². The molecule has 0 radical (unpaired) electrons. The van der Waals surface area contributed by atoms with E-state index in [1.54, 1.807) is 6.08 Å². The number of ether oxygens (including phenoxy) is 2. The van der Waals surface area contributed by atoms with Gasteiger partial charge < -0.3 is 9.47 Å². The maximum atomic E-state index is 10.8. The average Bonchev–Trinajstić information content (AvgIpc) is 2.63. The van der Waals surface area contributed by atoms with E-state index in [1.165, 1.54) is 6.92 Å². The van der Waals surface area contributed by atoms with Crippen molar-refractivity contribution in [1.29, 1.82) is 0 Å². The van der Waals surface area contributed by atoms with Crippen LogP contribution >= 0.6 is 0 Å². The molecule has 3 heteroatoms. The highest BCUT2D eigenvalue weighted by Crippen LogP contribution is 2.32. The predicted molar refractivity (Wildman–Crippen MR) is 53.9 cm³/mol. The zero-order chi connectivity index (χ0) is 10.6. The Kier molecular flexibility index (Phi) is 3.84. The molecular formula is C11H18O3. The van der Waals surface area contributed by atoms with Gasteiger partial charge in [0.1, 0.15) is 0 Å². The molecule has 0 bridgehead atoms. The topological polar surface area (TPSA) is 35.5 Å². The summed E-state index contributed by atoms with van der Waals surface area (Å²) in [7, 11) is 0. The minimum atomic E-state index is -0.508. The molecule has 1 aliphatic heterocycles. The first-order chi connectivity index (χ1) is 6.60. The lowest BCUT2D eigenvalue weighted by molar-refractivity contribution is -0.182. The summed E-state index contributed by atoms with van der Waals surface area (Å²) in [6.45, 7) is 6.87. The smallest absolute Gasteiger partial charge is 0.174 e. The second-order valence-corrected chi connectivity index (χ2v) is 3.62. The van der Waals surface area contributed by atoms with E-state index in [1.807, 2.05) is 19.9 Å². The van der Waals surface area contributed by atoms with Gasteiger partial charge in [0, 0.05) is 5.92 Å². The molecule has 1 fully saturated rings. The molecule has 1 aliphatic rings. The van der Waals surface area contributed by atoms with Gasteiger partial charge in [-0.05, 0) is 19.4 Å². The van der Waals surface area contributed by atoms with Gasteiger partial charge in [-0.1, -0.05) is 19.9 Å². The number of carbonyl (C=O) groups is 1. The Bertz CT molecular complexity index is 227. The highest BCUT2D eigenvalue weighted by molar-refractivity contribution is 5.87. The molecule has 0 aromatic carbocycles. The molecular weight excluding hydrogens is 180 g/mol. The first kappa shape index (κ1) is 11.4. The Balaban J connectivity index is 2.64. The van der Waals surface area contributed by atoms with E-state index in [0.29, 0.717) is 13.2 Å². The highest BCUT2D eigenvalue weighted by atomic mass is 16.7. The standard InChI is InChI=1S/C11H18O3/c1-4-11(13-7-8-14-11)9(2)5-6-10(3)12/h5-6,9H,4,7-8H2,1-3H3/b6-5+/t9-/m0/s1. The molecule has 0 aromatic rings. The summed E-state index contributed by atoms with van der Waals surface area (Å²) in [6, 6.07) is 0. The minimum absolute atomic E-state index is 0.0566. The van der Waals surface area contributed by atoms with Crippen LogP contribution in [0.3, 0.4) is 0 Å². The van der Waals surface area contributed by atoms with Crippen LogP contribution in [0.2, 0.25) is 0 Å². The number of ketones is 1. The fourth-order valence-electron chi connectivity index (χ4n) is 1.69. The number of hydrogen-bond acceptors (Lipinski definition) is 3. The molecule has 0 amide bonds. The summed E-state index contributed by atoms with van der Waals surface area (Å²) in [5, 5.41) is 0. The maximum absolute atomic E-state index is 10.8. The van der Waals surface area contributed by atoms with Crippen LogP contribution in [0.1, 0.15) is 27.2 Å². The third-order valence-corrected chi connectivity index (χ3v) is 2.58. The molecule has 1 heterocycles. The van der Waals surface area contributed by atoms with Gasteiger partial charge in [0.05, 0.1) is 13.2 Å². The van der Waals surface area contributed by atoms with Crippen molar-refractivity contribution in [1.82, 2.24) is 0 Å². The minimum Gasteiger partial charge on any atom is -0.347 e. The number of carbonyl (C=O) groups excluding carboxylic acids is 1. The number of hydrogen-bond donors (Lipinski definition) is 0. The lowest BCUT2D eigenvalue weighted by Crippen LogP contribution is -2.36. The molecule has 3 nitrogen and oxygen atoms in total. The van der Waals surface area contributed by atoms with Crippen molar-refractivity contribution in [3.05, 3.63) is 12.2 Å². The summed E-state index contributed by atoms with van der Waals surface area (Å²) in [4.78, 5) is 10.8. The van der Waals surface area contributed by atoms with Crippen LogP contribution in [-0.2, 0) is 14.3 Å². The van der Waals surface area contributed by atoms with Crippen molar-refractivity contribution >= 4 is 5.78 Å². The van der Waals surface area contributed by atoms with Crippen molar-refractivity contribution in [2.24, 2.45) is 5.92 Å². The predicted octanol–water partition coefficient (Wildman–Crippen LogP) is 1.92. The quantitative estimate of drug-likeness (QED) is 0.647. The van der Waals surface area contributed by atoms with E-state index >= 15 is 0 Å². The van der Waals surface area contributed by atoms with Crippen molar-refractivity contribution in [3.8, 4) is 0 Å². The van der Waals surface area contributed by atoms with Crippen LogP contribution in [0.25, 0.3) is 0 Å². The average molecular weight is 198 g/mol. The third-order valence-electron chi connectivity index (χ3n) is 2.58. The van der Waals surface area contributed by atoms with E-state index < -0.39 is 5.79 Å². The van der Waals surface area contributed by atoms with Gasteiger partial charge in [-0.2, -0.15) is 0 Å². The first-order valence-electron chi connectivity index (χ1n) is 5.07. The fourth-order valence-corrected chi connectivity index (χ4v) is 1.69. The van der Waals surface area contributed by atoms with Gasteiger partial charge in [0.2, 0.25) is 0 Å². The normalized spacial score (nSPS) is 22.8. The van der Waals surface area contributed by atoms with Crippen molar-refractivity contribution in [2.75, 3.05) is 13.2 Å². The largest absolute Gasteiger partial charge is 0.347 e. The zero-order valence-corrected chi connectivity index (χ0v) is 9.08. The van der Waals surface area contributed by atoms with Crippen LogP contribution in [0.4, 0.5) is 0 Å². The Morgan fingerprint density at radius 3 is 2.50 bits per heavy atom. The van der Waals surface area contributed by atoms with Gasteiger partial charge in [-0.25, -0.2) is 0 Å². The van der Waals surface area contributed by atoms with Crippen molar-refractivity contribution in [3.63, 3.8) is 0 Å². The van der Waals surface area contributed by atoms with E-state index in [4.69, 9.17) is 9.47 Å². The number of allylic oxidation sites excluding steroid dienone is 1. The van der Waals surface area contributed by atoms with E-state index in [9.17, 15) is 4.79 Å². The summed E-state index contributed by atoms with van der Waals surface area (Å²) in [5.74, 6) is -0.341. The monoisotopic (exact) mass is 198 g/mol. The Hall–Kier alpha value is -0.670. The van der Waals surface area contributed by atoms with Crippen LogP contribution in [-0.4, -0.2) is 24.8 Å². The second kappa shape index (κ2) is 4.71. The Morgan fingerprint density at radius 1 is 1.50 bits per heavy atom. The molecule has 0 aromatic heterocycles. The molecule has 0 unspecified atom stereocenters. The summed E-state index contributed by atoms with van der Waals surface area (Å²) in [5.41, 5.74) is 0. The zero-order valence-electron chi connectivity index (χ0n) is 9.08. The van der Waals surface area contributed by atoms with E-state index in [0.717, 1.165) is 6.42 Å². The van der Waals surface area contributed by atoms with Gasteiger partial charge in [-0.15, -0.1) is 0 Å². The third kappa shape index (κ3) is 2.42. The summed E-state index contributed by atoms with van der Waals surface area (Å²) in [6.07, 6.45) is 4.24. The van der Waals surface area contributed by atoms with Crippen LogP contribution in [0.15, 0.2) is 12.2 Å². The van der Waals surface area contributed by atoms with Gasteiger partial charge >= 0.3 is 0 Å². The van der Waals surface area contributed by atoms with Gasteiger partial charge in [0.15, 0.2) is 11.6 Å². The molecule has 0 aliphatic carbocycles. The lowest BCUT2D eigenvalue weighted by Gasteiger charge is -2.30. The molecule has 14 heavy (non-hydrogen) atoms. The van der Waals surface area contributed by atoms with Crippen LogP contribution in [0, 0.1) is 5.92 Å². The lowest BCUT2D eigenvalue weighted by atomic mass is 9.97. The van der Waals surface area contributed by atoms with Crippen LogP contribution < -0.4 is 0 Å². The molecule has 1 rings (SSSR count). The molecule has 0 saturated carbocycles. The maximum Gasteiger partial charge on any atom is 0.174 e. The van der Waals surface area contributed by atoms with E-state index in [-0.39, 0.29) is 11.7 Å². The summed E-state index contributed by atoms with van der Waals surface area (Å²) >= 11 is 0. The van der Waals surface area contributed by atoms with Crippen molar-refractivity contribution < 1.29 is 14.3 Å². The Labute approximate surface area is 85.1 Å². The summed E-state index contributed by atoms with van der Waals surface area (Å²) < 4.78 is 11.2. The molecule has 0 spiro atoms. The second-order valence-electron chi connectivity index (χ2n) is 3.62. The molecule has 0 N–H and O–H groups in total. The van der Waals surface area contributed by atoms with E-state index in [2.05, 4.69) is 0 Å². The van der Waals surface area contributed by atoms with Gasteiger partial charge in [0.25, 0.3) is 0 Å². The number of rotatable bonds is 4. The highest BCUT2D eigenvalue weighted by Gasteiger charge is 2.38. The molecule has 80 valence electrons. The first-order valence-corrected chi connectivity index (χ1v) is 5.07. The molecule has 1 saturated heterocycles. The van der Waals surface area contributed by atoms with Gasteiger partial charge in [-0.3, -0.25) is 4.79 Å².